The molecule has 3 heteroatoms. The van der Waals surface area contributed by atoms with Crippen LogP contribution in [0.4, 0.5) is 11.4 Å². The third-order valence-electron chi connectivity index (χ3n) is 4.90. The van der Waals surface area contributed by atoms with Gasteiger partial charge in [0.1, 0.15) is 0 Å². The molecule has 0 N–H and O–H groups in total. The minimum absolute atomic E-state index is 0.512. The number of hydrogen-bond acceptors (Lipinski definition) is 2. The highest BCUT2D eigenvalue weighted by atomic mass is 79.9. The molecule has 2 heterocycles. The van der Waals surface area contributed by atoms with Crippen LogP contribution in [0.25, 0.3) is 0 Å². The molecule has 2 aliphatic heterocycles. The highest BCUT2D eigenvalue weighted by Crippen LogP contribution is 2.41. The maximum absolute atomic E-state index is 3.54. The average Bonchev–Trinajstić information content (AvgIpc) is 2.96. The van der Waals surface area contributed by atoms with Gasteiger partial charge in [-0.1, -0.05) is 34.1 Å². The summed E-state index contributed by atoms with van der Waals surface area (Å²) in [5.74, 6) is 0. The lowest BCUT2D eigenvalue weighted by Gasteiger charge is -2.37. The van der Waals surface area contributed by atoms with E-state index in [0.717, 1.165) is 11.0 Å². The predicted molar refractivity (Wildman–Crippen MR) is 96.7 cm³/mol. The van der Waals surface area contributed by atoms with E-state index in [1.54, 1.807) is 0 Å². The first kappa shape index (κ1) is 14.1. The van der Waals surface area contributed by atoms with Crippen molar-refractivity contribution in [2.24, 2.45) is 0 Å². The van der Waals surface area contributed by atoms with Crippen LogP contribution in [0.2, 0.25) is 0 Å². The molecule has 0 saturated carbocycles. The Hall–Kier alpha value is -1.48. The molecule has 1 unspecified atom stereocenters. The Kier molecular flexibility index (Phi) is 3.83. The zero-order valence-corrected chi connectivity index (χ0v) is 14.3. The molecule has 2 aromatic carbocycles. The second kappa shape index (κ2) is 5.96. The van der Waals surface area contributed by atoms with Crippen molar-refractivity contribution >= 4 is 27.3 Å². The van der Waals surface area contributed by atoms with Gasteiger partial charge in [0.15, 0.2) is 0 Å². The molecule has 0 aliphatic carbocycles. The summed E-state index contributed by atoms with van der Waals surface area (Å²) in [7, 11) is 0. The van der Waals surface area contributed by atoms with Gasteiger partial charge in [0.25, 0.3) is 0 Å². The van der Waals surface area contributed by atoms with Gasteiger partial charge < -0.3 is 9.80 Å². The van der Waals surface area contributed by atoms with Crippen molar-refractivity contribution < 1.29 is 0 Å². The third kappa shape index (κ3) is 2.52. The minimum atomic E-state index is 0.512. The maximum atomic E-state index is 3.54. The number of anilines is 2. The summed E-state index contributed by atoms with van der Waals surface area (Å²) in [4.78, 5) is 5.10. The van der Waals surface area contributed by atoms with Gasteiger partial charge in [0.05, 0.1) is 6.04 Å². The lowest BCUT2D eigenvalue weighted by molar-refractivity contribution is 0.607. The molecule has 2 nitrogen and oxygen atoms in total. The summed E-state index contributed by atoms with van der Waals surface area (Å²) in [5.41, 5.74) is 4.29. The lowest BCUT2D eigenvalue weighted by Crippen LogP contribution is -2.38. The van der Waals surface area contributed by atoms with E-state index in [4.69, 9.17) is 0 Å². The molecular weight excluding hydrogens is 336 g/mol. The summed E-state index contributed by atoms with van der Waals surface area (Å²) < 4.78 is 1.15. The second-order valence-electron chi connectivity index (χ2n) is 6.23. The maximum Gasteiger partial charge on any atom is 0.0563 e. The van der Waals surface area contributed by atoms with Crippen molar-refractivity contribution in [1.29, 1.82) is 0 Å². The molecule has 2 aromatic rings. The number of halogens is 1. The molecule has 1 atom stereocenters. The Balaban J connectivity index is 1.67. The van der Waals surface area contributed by atoms with Crippen molar-refractivity contribution in [3.8, 4) is 0 Å². The van der Waals surface area contributed by atoms with Gasteiger partial charge in [0, 0.05) is 35.5 Å². The molecule has 2 aliphatic rings. The first-order valence-electron chi connectivity index (χ1n) is 8.19. The van der Waals surface area contributed by atoms with E-state index in [-0.39, 0.29) is 0 Å². The Morgan fingerprint density at radius 3 is 2.36 bits per heavy atom. The topological polar surface area (TPSA) is 6.48 Å². The van der Waals surface area contributed by atoms with E-state index in [9.17, 15) is 0 Å². The quantitative estimate of drug-likeness (QED) is 0.763. The molecule has 0 aromatic heterocycles. The molecule has 4 rings (SSSR count). The number of hydrogen-bond donors (Lipinski definition) is 0. The minimum Gasteiger partial charge on any atom is -0.371 e. The first-order chi connectivity index (χ1) is 10.8. The Labute approximate surface area is 140 Å². The molecule has 2 saturated heterocycles. The zero-order chi connectivity index (χ0) is 14.9. The van der Waals surface area contributed by atoms with Gasteiger partial charge in [-0.15, -0.1) is 0 Å². The average molecular weight is 357 g/mol. The fraction of sp³-hybridized carbons (Fsp3) is 0.368. The van der Waals surface area contributed by atoms with Crippen LogP contribution >= 0.6 is 15.9 Å². The summed E-state index contributed by atoms with van der Waals surface area (Å²) in [5, 5.41) is 0. The molecule has 0 radical (unpaired) electrons. The van der Waals surface area contributed by atoms with Gasteiger partial charge in [-0.05, 0) is 55.2 Å². The number of rotatable bonds is 3. The smallest absolute Gasteiger partial charge is 0.0563 e. The van der Waals surface area contributed by atoms with Crippen LogP contribution < -0.4 is 9.80 Å². The molecule has 114 valence electrons. The van der Waals surface area contributed by atoms with E-state index in [1.165, 1.54) is 49.3 Å². The fourth-order valence-electron chi connectivity index (χ4n) is 3.65. The van der Waals surface area contributed by atoms with Gasteiger partial charge >= 0.3 is 0 Å². The van der Waals surface area contributed by atoms with E-state index < -0.39 is 0 Å². The van der Waals surface area contributed by atoms with Gasteiger partial charge in [-0.2, -0.15) is 0 Å². The van der Waals surface area contributed by atoms with E-state index in [2.05, 4.69) is 74.3 Å². The standard InChI is InChI=1S/C19H21BrN2/c20-15-8-10-16(11-9-15)22-14-3-7-19(22)17-5-1-2-6-18(17)21-12-4-13-21/h1-2,5-6,8-11,19H,3-4,7,12-14H2. The fourth-order valence-corrected chi connectivity index (χ4v) is 3.91. The molecule has 0 bridgehead atoms. The van der Waals surface area contributed by atoms with Crippen molar-refractivity contribution in [2.75, 3.05) is 29.4 Å². The third-order valence-corrected chi connectivity index (χ3v) is 5.43. The van der Waals surface area contributed by atoms with E-state index >= 15 is 0 Å². The number of benzene rings is 2. The van der Waals surface area contributed by atoms with Crippen LogP contribution in [0, 0.1) is 0 Å². The summed E-state index contributed by atoms with van der Waals surface area (Å²) in [6.07, 6.45) is 3.85. The summed E-state index contributed by atoms with van der Waals surface area (Å²) in [6, 6.07) is 18.3. The molecule has 2 fully saturated rings. The first-order valence-corrected chi connectivity index (χ1v) is 8.98. The van der Waals surface area contributed by atoms with Crippen molar-refractivity contribution in [3.63, 3.8) is 0 Å². The number of nitrogens with zero attached hydrogens (tertiary/aromatic N) is 2. The molecular formula is C19H21BrN2. The van der Waals surface area contributed by atoms with E-state index in [0.29, 0.717) is 6.04 Å². The van der Waals surface area contributed by atoms with Gasteiger partial charge in [-0.25, -0.2) is 0 Å². The highest BCUT2D eigenvalue weighted by molar-refractivity contribution is 9.10. The van der Waals surface area contributed by atoms with Crippen molar-refractivity contribution in [3.05, 3.63) is 58.6 Å². The van der Waals surface area contributed by atoms with Crippen LogP contribution in [-0.2, 0) is 0 Å². The van der Waals surface area contributed by atoms with Crippen molar-refractivity contribution in [2.45, 2.75) is 25.3 Å². The Bertz CT molecular complexity index is 649. The normalized spacial score (nSPS) is 21.0. The van der Waals surface area contributed by atoms with Gasteiger partial charge in [0.2, 0.25) is 0 Å². The number of para-hydroxylation sites is 1. The van der Waals surface area contributed by atoms with E-state index in [1.807, 2.05) is 0 Å². The lowest BCUT2D eigenvalue weighted by atomic mass is 9.99. The highest BCUT2D eigenvalue weighted by Gasteiger charge is 2.30. The molecule has 0 spiro atoms. The molecule has 22 heavy (non-hydrogen) atoms. The van der Waals surface area contributed by atoms with Crippen molar-refractivity contribution in [1.82, 2.24) is 0 Å². The second-order valence-corrected chi connectivity index (χ2v) is 7.14. The Morgan fingerprint density at radius 1 is 0.864 bits per heavy atom. The van der Waals surface area contributed by atoms with Gasteiger partial charge in [-0.3, -0.25) is 0 Å². The summed E-state index contributed by atoms with van der Waals surface area (Å²) >= 11 is 3.54. The monoisotopic (exact) mass is 356 g/mol. The zero-order valence-electron chi connectivity index (χ0n) is 12.7. The predicted octanol–water partition coefficient (Wildman–Crippen LogP) is 5.00. The van der Waals surface area contributed by atoms with Crippen LogP contribution in [0.1, 0.15) is 30.9 Å². The Morgan fingerprint density at radius 2 is 1.64 bits per heavy atom. The van der Waals surface area contributed by atoms with Crippen LogP contribution in [0.15, 0.2) is 53.0 Å². The van der Waals surface area contributed by atoms with Crippen LogP contribution in [-0.4, -0.2) is 19.6 Å². The molecule has 0 amide bonds. The van der Waals surface area contributed by atoms with Crippen LogP contribution in [0.5, 0.6) is 0 Å². The largest absolute Gasteiger partial charge is 0.371 e. The summed E-state index contributed by atoms with van der Waals surface area (Å²) in [6.45, 7) is 3.57. The SMILES string of the molecule is Brc1ccc(N2CCCC2c2ccccc2N2CCC2)cc1. The van der Waals surface area contributed by atoms with Crippen LogP contribution in [0.3, 0.4) is 0 Å².